The third kappa shape index (κ3) is 7.79. The Morgan fingerprint density at radius 3 is 2.45 bits per heavy atom. The monoisotopic (exact) mass is 279 g/mol. The van der Waals surface area contributed by atoms with Gasteiger partial charge in [-0.25, -0.2) is 0 Å². The number of hydrogen-bond acceptors (Lipinski definition) is 3. The summed E-state index contributed by atoms with van der Waals surface area (Å²) in [5.41, 5.74) is 1.41. The highest BCUT2D eigenvalue weighted by Gasteiger charge is 2.09. The van der Waals surface area contributed by atoms with Crippen molar-refractivity contribution in [2.75, 3.05) is 13.2 Å². The van der Waals surface area contributed by atoms with Gasteiger partial charge in [-0.2, -0.15) is 0 Å². The molecule has 0 unspecified atom stereocenters. The Kier molecular flexibility index (Phi) is 6.52. The van der Waals surface area contributed by atoms with E-state index in [1.165, 1.54) is 0 Å². The number of nitrogens with one attached hydrogen (secondary N) is 1. The van der Waals surface area contributed by atoms with Crippen LogP contribution in [0.15, 0.2) is 24.3 Å². The van der Waals surface area contributed by atoms with Gasteiger partial charge in [0.1, 0.15) is 5.75 Å². The highest BCUT2D eigenvalue weighted by atomic mass is 16.5. The zero-order valence-electron chi connectivity index (χ0n) is 12.6. The molecule has 0 aliphatic carbocycles. The van der Waals surface area contributed by atoms with Gasteiger partial charge in [-0.1, -0.05) is 32.9 Å². The summed E-state index contributed by atoms with van der Waals surface area (Å²) in [7, 11) is 0. The predicted molar refractivity (Wildman–Crippen MR) is 80.0 cm³/mol. The molecule has 0 aliphatic heterocycles. The van der Waals surface area contributed by atoms with Crippen LogP contribution >= 0.6 is 0 Å². The summed E-state index contributed by atoms with van der Waals surface area (Å²) in [6, 6.07) is 7.91. The highest BCUT2D eigenvalue weighted by molar-refractivity contribution is 5.66. The number of carboxylic acids is 1. The van der Waals surface area contributed by atoms with Crippen molar-refractivity contribution in [2.24, 2.45) is 5.41 Å². The lowest BCUT2D eigenvalue weighted by atomic mass is 9.93. The van der Waals surface area contributed by atoms with E-state index >= 15 is 0 Å². The van der Waals surface area contributed by atoms with E-state index in [9.17, 15) is 4.79 Å². The first kappa shape index (κ1) is 16.5. The number of rotatable bonds is 8. The lowest BCUT2D eigenvalue weighted by Gasteiger charge is -2.18. The molecule has 0 aliphatic rings. The molecule has 112 valence electrons. The number of benzene rings is 1. The van der Waals surface area contributed by atoms with E-state index in [1.807, 2.05) is 24.3 Å². The molecule has 0 saturated heterocycles. The maximum absolute atomic E-state index is 10.4. The summed E-state index contributed by atoms with van der Waals surface area (Å²) < 4.78 is 5.70. The first-order valence-corrected chi connectivity index (χ1v) is 7.01. The quantitative estimate of drug-likeness (QED) is 0.718. The number of carboxylic acid groups (broad SMARTS) is 1. The van der Waals surface area contributed by atoms with Gasteiger partial charge in [-0.05, 0) is 29.5 Å². The summed E-state index contributed by atoms with van der Waals surface area (Å²) in [6.07, 6.45) is 1.17. The van der Waals surface area contributed by atoms with Crippen LogP contribution < -0.4 is 10.1 Å². The third-order valence-corrected chi connectivity index (χ3v) is 2.89. The van der Waals surface area contributed by atoms with Gasteiger partial charge in [0, 0.05) is 13.1 Å². The summed E-state index contributed by atoms with van der Waals surface area (Å²) >= 11 is 0. The molecule has 20 heavy (non-hydrogen) atoms. The zero-order valence-corrected chi connectivity index (χ0v) is 12.6. The molecule has 0 fully saturated rings. The molecule has 0 aromatic heterocycles. The maximum Gasteiger partial charge on any atom is 0.304 e. The second-order valence-corrected chi connectivity index (χ2v) is 6.12. The lowest BCUT2D eigenvalue weighted by molar-refractivity contribution is -0.136. The first-order chi connectivity index (χ1) is 9.37. The summed E-state index contributed by atoms with van der Waals surface area (Å²) in [4.78, 5) is 10.4. The van der Waals surface area contributed by atoms with Gasteiger partial charge in [-0.15, -0.1) is 0 Å². The van der Waals surface area contributed by atoms with Crippen LogP contribution in [-0.2, 0) is 11.3 Å². The fraction of sp³-hybridized carbons (Fsp3) is 0.562. The molecular weight excluding hydrogens is 254 g/mol. The van der Waals surface area contributed by atoms with Crippen LogP contribution in [-0.4, -0.2) is 24.2 Å². The normalized spacial score (nSPS) is 11.3. The Bertz CT molecular complexity index is 407. The molecule has 1 aromatic rings. The summed E-state index contributed by atoms with van der Waals surface area (Å²) in [6.45, 7) is 8.47. The summed E-state index contributed by atoms with van der Waals surface area (Å²) in [5.74, 6) is 0.101. The first-order valence-electron chi connectivity index (χ1n) is 7.01. The van der Waals surface area contributed by atoms with Gasteiger partial charge < -0.3 is 15.2 Å². The van der Waals surface area contributed by atoms with E-state index in [1.54, 1.807) is 0 Å². The molecule has 0 radical (unpaired) electrons. The standard InChI is InChI=1S/C16H25NO3/c1-16(2,3)9-11-20-14-6-4-13(5-7-14)12-17-10-8-15(18)19/h4-7,17H,8-12H2,1-3H3,(H,18,19). The Hall–Kier alpha value is -1.55. The summed E-state index contributed by atoms with van der Waals surface area (Å²) in [5, 5.41) is 11.6. The smallest absolute Gasteiger partial charge is 0.304 e. The van der Waals surface area contributed by atoms with Gasteiger partial charge in [0.25, 0.3) is 0 Å². The number of carbonyl (C=O) groups is 1. The van der Waals surface area contributed by atoms with E-state index < -0.39 is 5.97 Å². The molecule has 4 nitrogen and oxygen atoms in total. The Balaban J connectivity index is 2.27. The Labute approximate surface area is 121 Å². The van der Waals surface area contributed by atoms with Gasteiger partial charge in [-0.3, -0.25) is 4.79 Å². The number of hydrogen-bond donors (Lipinski definition) is 2. The fourth-order valence-corrected chi connectivity index (χ4v) is 1.61. The average Bonchev–Trinajstić information content (AvgIpc) is 2.34. The minimum absolute atomic E-state index is 0.147. The van der Waals surface area contributed by atoms with E-state index in [0.29, 0.717) is 13.1 Å². The lowest BCUT2D eigenvalue weighted by Crippen LogP contribution is -2.17. The van der Waals surface area contributed by atoms with Crippen molar-refractivity contribution in [3.05, 3.63) is 29.8 Å². The van der Waals surface area contributed by atoms with Crippen molar-refractivity contribution in [3.8, 4) is 5.75 Å². The minimum Gasteiger partial charge on any atom is -0.494 e. The highest BCUT2D eigenvalue weighted by Crippen LogP contribution is 2.19. The van der Waals surface area contributed by atoms with Crippen LogP contribution in [0.1, 0.15) is 39.2 Å². The molecule has 0 heterocycles. The molecule has 1 aromatic carbocycles. The van der Waals surface area contributed by atoms with Crippen LogP contribution in [0.4, 0.5) is 0 Å². The second kappa shape index (κ2) is 7.90. The van der Waals surface area contributed by atoms with Crippen molar-refractivity contribution < 1.29 is 14.6 Å². The van der Waals surface area contributed by atoms with Crippen molar-refractivity contribution in [1.82, 2.24) is 5.32 Å². The van der Waals surface area contributed by atoms with Crippen LogP contribution in [0.5, 0.6) is 5.75 Å². The average molecular weight is 279 g/mol. The minimum atomic E-state index is -0.778. The Morgan fingerprint density at radius 1 is 1.25 bits per heavy atom. The zero-order chi connectivity index (χ0) is 15.0. The number of ether oxygens (including phenoxy) is 1. The molecule has 0 atom stereocenters. The number of aliphatic carboxylic acids is 1. The SMILES string of the molecule is CC(C)(C)CCOc1ccc(CNCCC(=O)O)cc1. The molecule has 0 amide bonds. The van der Waals surface area contributed by atoms with Gasteiger partial charge in [0.05, 0.1) is 13.0 Å². The fourth-order valence-electron chi connectivity index (χ4n) is 1.61. The molecule has 4 heteroatoms. The molecule has 0 bridgehead atoms. The van der Waals surface area contributed by atoms with Crippen LogP contribution in [0.2, 0.25) is 0 Å². The van der Waals surface area contributed by atoms with Crippen LogP contribution in [0.25, 0.3) is 0 Å². The van der Waals surface area contributed by atoms with E-state index in [0.717, 1.165) is 24.3 Å². The van der Waals surface area contributed by atoms with Crippen LogP contribution in [0.3, 0.4) is 0 Å². The van der Waals surface area contributed by atoms with Crippen LogP contribution in [0, 0.1) is 5.41 Å². The van der Waals surface area contributed by atoms with E-state index in [4.69, 9.17) is 9.84 Å². The predicted octanol–water partition coefficient (Wildman–Crippen LogP) is 3.07. The topological polar surface area (TPSA) is 58.6 Å². The van der Waals surface area contributed by atoms with Gasteiger partial charge in [0.15, 0.2) is 0 Å². The van der Waals surface area contributed by atoms with Gasteiger partial charge in [0.2, 0.25) is 0 Å². The van der Waals surface area contributed by atoms with Crippen molar-refractivity contribution in [2.45, 2.75) is 40.2 Å². The second-order valence-electron chi connectivity index (χ2n) is 6.12. The van der Waals surface area contributed by atoms with E-state index in [-0.39, 0.29) is 11.8 Å². The largest absolute Gasteiger partial charge is 0.494 e. The van der Waals surface area contributed by atoms with Crippen molar-refractivity contribution in [3.63, 3.8) is 0 Å². The maximum atomic E-state index is 10.4. The molecule has 2 N–H and O–H groups in total. The van der Waals surface area contributed by atoms with Crippen molar-refractivity contribution in [1.29, 1.82) is 0 Å². The van der Waals surface area contributed by atoms with Crippen molar-refractivity contribution >= 4 is 5.97 Å². The molecule has 0 saturated carbocycles. The molecular formula is C16H25NO3. The van der Waals surface area contributed by atoms with E-state index in [2.05, 4.69) is 26.1 Å². The molecule has 1 rings (SSSR count). The Morgan fingerprint density at radius 2 is 1.90 bits per heavy atom. The molecule has 0 spiro atoms. The van der Waals surface area contributed by atoms with Gasteiger partial charge >= 0.3 is 5.97 Å². The third-order valence-electron chi connectivity index (χ3n) is 2.89.